The molecule has 0 aliphatic carbocycles. The SMILES string of the molecule is CON=C(C(=O)NC1C(=O)N2C(C(=O)OC(c3ccccc3)c3ccccc3)=C(Sc3cccnc3CSCCNC(=O)OC(C)(C)C)CCC12)c1nsc(N)n1. The number of pyridine rings is 1. The van der Waals surface area contributed by atoms with Gasteiger partial charge in [0, 0.05) is 45.6 Å². The number of thioether (sulfide) groups is 2. The number of aromatic nitrogens is 3. The summed E-state index contributed by atoms with van der Waals surface area (Å²) in [7, 11) is 1.27. The molecule has 57 heavy (non-hydrogen) atoms. The number of carbonyl (C=O) groups is 4. The van der Waals surface area contributed by atoms with Crippen molar-refractivity contribution in [3.63, 3.8) is 0 Å². The van der Waals surface area contributed by atoms with Crippen LogP contribution in [0.25, 0.3) is 0 Å². The zero-order chi connectivity index (χ0) is 40.5. The number of anilines is 1. The molecule has 0 bridgehead atoms. The number of nitrogens with zero attached hydrogens (tertiary/aromatic N) is 5. The second kappa shape index (κ2) is 18.7. The molecular formula is C39H42N8O7S3. The fourth-order valence-corrected chi connectivity index (χ4v) is 8.64. The van der Waals surface area contributed by atoms with Gasteiger partial charge >= 0.3 is 12.1 Å². The summed E-state index contributed by atoms with van der Waals surface area (Å²) in [4.78, 5) is 70.6. The number of hydrogen-bond acceptors (Lipinski definition) is 15. The molecule has 0 saturated carbocycles. The van der Waals surface area contributed by atoms with E-state index >= 15 is 0 Å². The number of nitrogens with two attached hydrogens (primary N) is 1. The van der Waals surface area contributed by atoms with E-state index in [9.17, 15) is 19.2 Å². The number of carbonyl (C=O) groups excluding carboxylic acids is 4. The summed E-state index contributed by atoms with van der Waals surface area (Å²) in [6.07, 6.45) is 1.30. The van der Waals surface area contributed by atoms with Crippen molar-refractivity contribution in [2.24, 2.45) is 5.16 Å². The van der Waals surface area contributed by atoms with Crippen LogP contribution in [0.15, 0.2) is 99.6 Å². The average Bonchev–Trinajstić information content (AvgIpc) is 3.63. The highest BCUT2D eigenvalue weighted by Crippen LogP contribution is 2.45. The molecule has 2 aliphatic heterocycles. The number of ether oxygens (including phenoxy) is 2. The number of oxime groups is 1. The minimum absolute atomic E-state index is 0.0374. The number of allylic oxidation sites excluding steroid dienone is 1. The summed E-state index contributed by atoms with van der Waals surface area (Å²) in [5, 5.41) is 9.44. The third-order valence-electron chi connectivity index (χ3n) is 8.59. The number of fused-ring (bicyclic) bond motifs is 1. The van der Waals surface area contributed by atoms with E-state index in [1.165, 1.54) is 23.8 Å². The summed E-state index contributed by atoms with van der Waals surface area (Å²) < 4.78 is 15.7. The van der Waals surface area contributed by atoms with Gasteiger partial charge in [0.1, 0.15) is 24.4 Å². The summed E-state index contributed by atoms with van der Waals surface area (Å²) >= 11 is 3.83. The molecule has 4 heterocycles. The maximum absolute atomic E-state index is 14.6. The number of hydrogen-bond donors (Lipinski definition) is 3. The zero-order valence-electron chi connectivity index (χ0n) is 31.7. The first-order valence-corrected chi connectivity index (χ1v) is 20.7. The Labute approximate surface area is 342 Å². The quantitative estimate of drug-likeness (QED) is 0.0450. The molecule has 2 atom stereocenters. The summed E-state index contributed by atoms with van der Waals surface area (Å²) in [5.41, 5.74) is 7.30. The van der Waals surface area contributed by atoms with E-state index in [1.54, 1.807) is 18.0 Å². The maximum Gasteiger partial charge on any atom is 0.407 e. The van der Waals surface area contributed by atoms with E-state index in [1.807, 2.05) is 93.6 Å². The van der Waals surface area contributed by atoms with Gasteiger partial charge in [-0.15, -0.1) is 0 Å². The van der Waals surface area contributed by atoms with Crippen LogP contribution in [-0.4, -0.2) is 85.9 Å². The molecule has 0 radical (unpaired) electrons. The molecule has 0 spiro atoms. The normalized spacial score (nSPS) is 16.8. The van der Waals surface area contributed by atoms with E-state index in [-0.39, 0.29) is 22.4 Å². The van der Waals surface area contributed by atoms with Crippen LogP contribution in [0.1, 0.15) is 62.4 Å². The number of alkyl carbamates (subject to hydrolysis) is 1. The standard InChI is InChI=1S/C39H42N8O7S3/c1-39(2,3)54-38(51)42-20-21-55-22-25-27(16-11-19-41-25)56-28-18-17-26-29(43-34(48)30(45-52-4)33-44-37(40)57-46-33)35(49)47(26)31(28)36(50)53-32(23-12-7-5-8-13-23)24-14-9-6-10-15-24/h5-16,19,26,29,32H,17-18,20-22H2,1-4H3,(H,42,51)(H,43,48)(H2,40,44,46). The molecule has 2 unspecified atom stereocenters. The van der Waals surface area contributed by atoms with Crippen molar-refractivity contribution in [1.82, 2.24) is 29.9 Å². The molecule has 18 heteroatoms. The van der Waals surface area contributed by atoms with Gasteiger partial charge < -0.3 is 30.7 Å². The topological polar surface area (TPSA) is 200 Å². The van der Waals surface area contributed by atoms with Gasteiger partial charge in [-0.3, -0.25) is 19.5 Å². The molecule has 3 amide bonds. The summed E-state index contributed by atoms with van der Waals surface area (Å²) in [5.74, 6) is -0.802. The van der Waals surface area contributed by atoms with Gasteiger partial charge in [-0.05, 0) is 56.9 Å². The van der Waals surface area contributed by atoms with Crippen molar-refractivity contribution in [2.45, 2.75) is 68.0 Å². The lowest BCUT2D eigenvalue weighted by molar-refractivity contribution is -0.158. The Kier molecular flexibility index (Phi) is 13.5. The molecule has 2 aromatic heterocycles. The van der Waals surface area contributed by atoms with Gasteiger partial charge in [0.15, 0.2) is 11.2 Å². The molecule has 1 fully saturated rings. The highest BCUT2D eigenvalue weighted by Gasteiger charge is 2.54. The second-order valence-corrected chi connectivity index (χ2v) is 16.8. The van der Waals surface area contributed by atoms with Crippen molar-refractivity contribution < 1.29 is 33.5 Å². The van der Waals surface area contributed by atoms with Gasteiger partial charge in [-0.25, -0.2) is 9.59 Å². The fourth-order valence-electron chi connectivity index (χ4n) is 6.15. The second-order valence-electron chi connectivity index (χ2n) is 13.8. The smallest absolute Gasteiger partial charge is 0.407 e. The van der Waals surface area contributed by atoms with Crippen LogP contribution in [0.2, 0.25) is 0 Å². The number of β-lactam (4-membered cyclic amide) rings is 1. The van der Waals surface area contributed by atoms with Crippen LogP contribution in [0, 0.1) is 0 Å². The van der Waals surface area contributed by atoms with Crippen LogP contribution in [0.3, 0.4) is 0 Å². The Morgan fingerprint density at radius 2 is 1.75 bits per heavy atom. The van der Waals surface area contributed by atoms with Crippen molar-refractivity contribution in [3.8, 4) is 0 Å². The lowest BCUT2D eigenvalue weighted by atomic mass is 9.86. The number of rotatable bonds is 15. The number of nitrogens with one attached hydrogen (secondary N) is 2. The highest BCUT2D eigenvalue weighted by atomic mass is 32.2. The summed E-state index contributed by atoms with van der Waals surface area (Å²) in [6.45, 7) is 5.83. The third kappa shape index (κ3) is 10.3. The lowest BCUT2D eigenvalue weighted by Gasteiger charge is -2.50. The zero-order valence-corrected chi connectivity index (χ0v) is 34.1. The van der Waals surface area contributed by atoms with Crippen LogP contribution in [-0.2, 0) is 34.4 Å². The van der Waals surface area contributed by atoms with Gasteiger partial charge in [-0.2, -0.15) is 21.1 Å². The third-order valence-corrected chi connectivity index (χ3v) is 11.3. The molecule has 4 N–H and O–H groups in total. The largest absolute Gasteiger partial charge is 0.448 e. The van der Waals surface area contributed by atoms with Crippen molar-refractivity contribution in [3.05, 3.63) is 112 Å². The molecule has 1 saturated heterocycles. The van der Waals surface area contributed by atoms with Gasteiger partial charge in [0.25, 0.3) is 11.8 Å². The van der Waals surface area contributed by atoms with Gasteiger partial charge in [-0.1, -0.05) is 77.6 Å². The number of benzene rings is 2. The Bertz CT molecular complexity index is 2100. The van der Waals surface area contributed by atoms with E-state index in [0.717, 1.165) is 33.2 Å². The molecule has 298 valence electrons. The minimum Gasteiger partial charge on any atom is -0.448 e. The van der Waals surface area contributed by atoms with E-state index in [0.29, 0.717) is 35.8 Å². The van der Waals surface area contributed by atoms with Crippen molar-refractivity contribution in [2.75, 3.05) is 25.1 Å². The first-order chi connectivity index (χ1) is 27.4. The molecule has 2 aromatic carbocycles. The molecule has 6 rings (SSSR count). The Balaban J connectivity index is 1.26. The van der Waals surface area contributed by atoms with E-state index in [4.69, 9.17) is 20.0 Å². The minimum atomic E-state index is -0.969. The fraction of sp³-hybridized carbons (Fsp3) is 0.333. The Morgan fingerprint density at radius 1 is 1.05 bits per heavy atom. The Hall–Kier alpha value is -5.46. The first-order valence-electron chi connectivity index (χ1n) is 18.0. The van der Waals surface area contributed by atoms with E-state index < -0.39 is 47.7 Å². The molecular weight excluding hydrogens is 789 g/mol. The van der Waals surface area contributed by atoms with Gasteiger partial charge in [0.2, 0.25) is 11.5 Å². The van der Waals surface area contributed by atoms with Crippen molar-refractivity contribution in [1.29, 1.82) is 0 Å². The lowest BCUT2D eigenvalue weighted by Crippen LogP contribution is -2.72. The predicted octanol–water partition coefficient (Wildman–Crippen LogP) is 5.45. The average molecular weight is 831 g/mol. The number of amides is 3. The van der Waals surface area contributed by atoms with Crippen LogP contribution >= 0.6 is 35.1 Å². The molecule has 15 nitrogen and oxygen atoms in total. The highest BCUT2D eigenvalue weighted by molar-refractivity contribution is 8.03. The van der Waals surface area contributed by atoms with Crippen molar-refractivity contribution >= 4 is 69.8 Å². The monoisotopic (exact) mass is 830 g/mol. The molecule has 2 aliphatic rings. The van der Waals surface area contributed by atoms with Gasteiger partial charge in [0.05, 0.1) is 11.7 Å². The predicted molar refractivity (Wildman–Crippen MR) is 218 cm³/mol. The first kappa shape index (κ1) is 41.2. The maximum atomic E-state index is 14.6. The van der Waals surface area contributed by atoms with Crippen LogP contribution in [0.5, 0.6) is 0 Å². The number of esters is 1. The van der Waals surface area contributed by atoms with E-state index in [2.05, 4.69) is 30.1 Å². The van der Waals surface area contributed by atoms with Crippen LogP contribution < -0.4 is 16.4 Å². The number of nitrogen functional groups attached to an aromatic ring is 1. The molecule has 4 aromatic rings. The van der Waals surface area contributed by atoms with Crippen LogP contribution in [0.4, 0.5) is 9.93 Å². The summed E-state index contributed by atoms with van der Waals surface area (Å²) in [6, 6.07) is 21.0. The Morgan fingerprint density at radius 3 is 2.39 bits per heavy atom.